The molecule has 0 radical (unpaired) electrons. The summed E-state index contributed by atoms with van der Waals surface area (Å²) in [7, 11) is 0. The van der Waals surface area contributed by atoms with Crippen LogP contribution in [0.15, 0.2) is 24.3 Å². The highest BCUT2D eigenvalue weighted by molar-refractivity contribution is 5.85. The third kappa shape index (κ3) is 2.94. The molecular formula is C16H22FNO2. The average molecular weight is 279 g/mol. The number of carbonyl (C=O) groups is 1. The minimum absolute atomic E-state index is 0.195. The Balaban J connectivity index is 2.26. The zero-order valence-electron chi connectivity index (χ0n) is 12.1. The van der Waals surface area contributed by atoms with Crippen molar-refractivity contribution in [3.05, 3.63) is 30.1 Å². The number of ether oxygens (including phenoxy) is 1. The largest absolute Gasteiger partial charge is 0.464 e. The number of hydrogen-bond donors (Lipinski definition) is 1. The molecule has 0 saturated heterocycles. The summed E-state index contributed by atoms with van der Waals surface area (Å²) in [6.45, 7) is 4.27. The SMILES string of the molecule is CCOC(=O)C1(Nc2ccc(F)cc2)CCCCC1C. The van der Waals surface area contributed by atoms with E-state index in [1.54, 1.807) is 12.1 Å². The van der Waals surface area contributed by atoms with Gasteiger partial charge in [-0.25, -0.2) is 9.18 Å². The summed E-state index contributed by atoms with van der Waals surface area (Å²) in [6.07, 6.45) is 3.88. The van der Waals surface area contributed by atoms with Gasteiger partial charge in [0.15, 0.2) is 0 Å². The van der Waals surface area contributed by atoms with E-state index < -0.39 is 5.54 Å². The molecule has 0 aliphatic heterocycles. The van der Waals surface area contributed by atoms with Crippen molar-refractivity contribution in [2.45, 2.75) is 45.1 Å². The number of esters is 1. The monoisotopic (exact) mass is 279 g/mol. The predicted molar refractivity (Wildman–Crippen MR) is 77.0 cm³/mol. The molecule has 0 aromatic heterocycles. The van der Waals surface area contributed by atoms with Crippen molar-refractivity contribution >= 4 is 11.7 Å². The van der Waals surface area contributed by atoms with Gasteiger partial charge in [0.1, 0.15) is 11.4 Å². The summed E-state index contributed by atoms with van der Waals surface area (Å²) < 4.78 is 18.3. The van der Waals surface area contributed by atoms with Gasteiger partial charge in [-0.05, 0) is 49.9 Å². The molecule has 1 fully saturated rings. The van der Waals surface area contributed by atoms with Crippen LogP contribution >= 0.6 is 0 Å². The number of halogens is 1. The molecule has 0 spiro atoms. The molecule has 1 N–H and O–H groups in total. The van der Waals surface area contributed by atoms with Crippen molar-refractivity contribution in [1.29, 1.82) is 0 Å². The van der Waals surface area contributed by atoms with Gasteiger partial charge in [-0.2, -0.15) is 0 Å². The lowest BCUT2D eigenvalue weighted by Gasteiger charge is -2.41. The van der Waals surface area contributed by atoms with Crippen LogP contribution in [0, 0.1) is 11.7 Å². The first-order valence-electron chi connectivity index (χ1n) is 7.29. The number of rotatable bonds is 4. The second-order valence-electron chi connectivity index (χ2n) is 5.47. The van der Waals surface area contributed by atoms with Gasteiger partial charge in [-0.15, -0.1) is 0 Å². The van der Waals surface area contributed by atoms with Crippen molar-refractivity contribution in [3.63, 3.8) is 0 Å². The Morgan fingerprint density at radius 3 is 2.70 bits per heavy atom. The van der Waals surface area contributed by atoms with E-state index in [4.69, 9.17) is 4.74 Å². The maximum absolute atomic E-state index is 13.0. The highest BCUT2D eigenvalue weighted by Crippen LogP contribution is 2.37. The van der Waals surface area contributed by atoms with E-state index in [1.165, 1.54) is 12.1 Å². The lowest BCUT2D eigenvalue weighted by molar-refractivity contribution is -0.151. The fraction of sp³-hybridized carbons (Fsp3) is 0.562. The van der Waals surface area contributed by atoms with Gasteiger partial charge in [-0.3, -0.25) is 0 Å². The molecule has 1 aromatic rings. The van der Waals surface area contributed by atoms with E-state index in [1.807, 2.05) is 6.92 Å². The molecule has 2 rings (SSSR count). The Kier molecular flexibility index (Phi) is 4.63. The van der Waals surface area contributed by atoms with Gasteiger partial charge >= 0.3 is 5.97 Å². The molecule has 110 valence electrons. The average Bonchev–Trinajstić information content (AvgIpc) is 2.44. The topological polar surface area (TPSA) is 38.3 Å². The minimum atomic E-state index is -0.688. The Labute approximate surface area is 119 Å². The third-order valence-corrected chi connectivity index (χ3v) is 4.15. The second-order valence-corrected chi connectivity index (χ2v) is 5.47. The standard InChI is InChI=1S/C16H22FNO2/c1-3-20-15(19)16(11-5-4-6-12(16)2)18-14-9-7-13(17)8-10-14/h7-10,12,18H,3-6,11H2,1-2H3. The molecule has 2 unspecified atom stereocenters. The molecule has 20 heavy (non-hydrogen) atoms. The van der Waals surface area contributed by atoms with Crippen LogP contribution in [0.4, 0.5) is 10.1 Å². The molecule has 1 aliphatic rings. The zero-order valence-corrected chi connectivity index (χ0v) is 12.1. The number of anilines is 1. The van der Waals surface area contributed by atoms with Crippen molar-refractivity contribution in [3.8, 4) is 0 Å². The number of carbonyl (C=O) groups excluding carboxylic acids is 1. The van der Waals surface area contributed by atoms with Crippen LogP contribution in [0.2, 0.25) is 0 Å². The molecule has 1 saturated carbocycles. The first-order chi connectivity index (χ1) is 9.58. The Bertz CT molecular complexity index is 460. The predicted octanol–water partition coefficient (Wildman–Crippen LogP) is 3.75. The van der Waals surface area contributed by atoms with Gasteiger partial charge < -0.3 is 10.1 Å². The summed E-state index contributed by atoms with van der Waals surface area (Å²) in [5.74, 6) is -0.283. The minimum Gasteiger partial charge on any atom is -0.464 e. The maximum Gasteiger partial charge on any atom is 0.332 e. The van der Waals surface area contributed by atoms with Gasteiger partial charge in [-0.1, -0.05) is 19.8 Å². The van der Waals surface area contributed by atoms with Crippen LogP contribution in [0.25, 0.3) is 0 Å². The highest BCUT2D eigenvalue weighted by Gasteiger charge is 2.46. The van der Waals surface area contributed by atoms with Crippen LogP contribution in [0.1, 0.15) is 39.5 Å². The van der Waals surface area contributed by atoms with E-state index in [0.29, 0.717) is 6.61 Å². The Morgan fingerprint density at radius 1 is 1.40 bits per heavy atom. The van der Waals surface area contributed by atoms with Gasteiger partial charge in [0.2, 0.25) is 0 Å². The van der Waals surface area contributed by atoms with Crippen molar-refractivity contribution in [2.75, 3.05) is 11.9 Å². The Morgan fingerprint density at radius 2 is 2.10 bits per heavy atom. The number of hydrogen-bond acceptors (Lipinski definition) is 3. The van der Waals surface area contributed by atoms with Gasteiger partial charge in [0, 0.05) is 5.69 Å². The fourth-order valence-electron chi connectivity index (χ4n) is 2.94. The second kappa shape index (κ2) is 6.25. The first kappa shape index (κ1) is 14.8. The van der Waals surface area contributed by atoms with Crippen molar-refractivity contribution in [2.24, 2.45) is 5.92 Å². The van der Waals surface area contributed by atoms with Crippen LogP contribution < -0.4 is 5.32 Å². The van der Waals surface area contributed by atoms with Gasteiger partial charge in [0.25, 0.3) is 0 Å². The molecule has 1 aromatic carbocycles. The molecule has 0 bridgehead atoms. The van der Waals surface area contributed by atoms with Crippen molar-refractivity contribution < 1.29 is 13.9 Å². The normalized spacial score (nSPS) is 26.1. The smallest absolute Gasteiger partial charge is 0.332 e. The van der Waals surface area contributed by atoms with Crippen LogP contribution in [-0.2, 0) is 9.53 Å². The van der Waals surface area contributed by atoms with Crippen LogP contribution in [-0.4, -0.2) is 18.1 Å². The summed E-state index contributed by atoms with van der Waals surface area (Å²) in [6, 6.07) is 6.12. The molecule has 1 aliphatic carbocycles. The molecule has 3 nitrogen and oxygen atoms in total. The lowest BCUT2D eigenvalue weighted by Crippen LogP contribution is -2.54. The summed E-state index contributed by atoms with van der Waals surface area (Å²) in [5.41, 5.74) is 0.0692. The maximum atomic E-state index is 13.0. The quantitative estimate of drug-likeness (QED) is 0.853. The number of benzene rings is 1. The van der Waals surface area contributed by atoms with E-state index in [2.05, 4.69) is 12.2 Å². The molecule has 2 atom stereocenters. The molecule has 4 heteroatoms. The zero-order chi connectivity index (χ0) is 14.6. The molecule has 0 heterocycles. The Hall–Kier alpha value is -1.58. The molecular weight excluding hydrogens is 257 g/mol. The van der Waals surface area contributed by atoms with E-state index in [-0.39, 0.29) is 17.7 Å². The molecule has 0 amide bonds. The first-order valence-corrected chi connectivity index (χ1v) is 7.29. The number of nitrogens with one attached hydrogen (secondary N) is 1. The summed E-state index contributed by atoms with van der Waals surface area (Å²) in [5, 5.41) is 3.31. The van der Waals surface area contributed by atoms with Crippen molar-refractivity contribution in [1.82, 2.24) is 0 Å². The van der Waals surface area contributed by atoms with Crippen LogP contribution in [0.3, 0.4) is 0 Å². The van der Waals surface area contributed by atoms with E-state index in [0.717, 1.165) is 31.4 Å². The van der Waals surface area contributed by atoms with E-state index in [9.17, 15) is 9.18 Å². The lowest BCUT2D eigenvalue weighted by atomic mass is 9.73. The summed E-state index contributed by atoms with van der Waals surface area (Å²) in [4.78, 5) is 12.4. The van der Waals surface area contributed by atoms with Crippen LogP contribution in [0.5, 0.6) is 0 Å². The summed E-state index contributed by atoms with van der Waals surface area (Å²) >= 11 is 0. The highest BCUT2D eigenvalue weighted by atomic mass is 19.1. The third-order valence-electron chi connectivity index (χ3n) is 4.15. The fourth-order valence-corrected chi connectivity index (χ4v) is 2.94. The van der Waals surface area contributed by atoms with E-state index >= 15 is 0 Å². The van der Waals surface area contributed by atoms with Gasteiger partial charge in [0.05, 0.1) is 6.61 Å².